The van der Waals surface area contributed by atoms with E-state index in [2.05, 4.69) is 19.1 Å². The Bertz CT molecular complexity index is 546. The van der Waals surface area contributed by atoms with Gasteiger partial charge in [0, 0.05) is 16.1 Å². The van der Waals surface area contributed by atoms with Gasteiger partial charge in [-0.2, -0.15) is 0 Å². The summed E-state index contributed by atoms with van der Waals surface area (Å²) in [6, 6.07) is 13.9. The first-order valence-electron chi connectivity index (χ1n) is 6.31. The molecule has 2 rings (SSSR count). The molecule has 3 heteroatoms. The number of benzene rings is 2. The van der Waals surface area contributed by atoms with Crippen LogP contribution < -0.4 is 5.73 Å². The van der Waals surface area contributed by atoms with Crippen LogP contribution in [0.5, 0.6) is 0 Å². The SMILES string of the molecule is Cc1ccccc1CC(N)Cc1c(Cl)cccc1Cl. The highest BCUT2D eigenvalue weighted by atomic mass is 35.5. The molecular formula is C16H17Cl2N. The van der Waals surface area contributed by atoms with Crippen molar-refractivity contribution < 1.29 is 0 Å². The maximum atomic E-state index is 6.23. The van der Waals surface area contributed by atoms with Crippen LogP contribution in [-0.4, -0.2) is 6.04 Å². The molecule has 2 aromatic carbocycles. The third-order valence-electron chi connectivity index (χ3n) is 3.27. The van der Waals surface area contributed by atoms with Gasteiger partial charge in [0.25, 0.3) is 0 Å². The summed E-state index contributed by atoms with van der Waals surface area (Å²) in [5, 5.41) is 1.38. The van der Waals surface area contributed by atoms with Crippen LogP contribution in [0.4, 0.5) is 0 Å². The predicted octanol–water partition coefficient (Wildman–Crippen LogP) is 4.41. The van der Waals surface area contributed by atoms with Crippen LogP contribution in [0.25, 0.3) is 0 Å². The molecule has 0 aliphatic heterocycles. The summed E-state index contributed by atoms with van der Waals surface area (Å²) in [4.78, 5) is 0. The Balaban J connectivity index is 2.10. The van der Waals surface area contributed by atoms with Gasteiger partial charge in [-0.15, -0.1) is 0 Å². The third kappa shape index (κ3) is 3.73. The maximum Gasteiger partial charge on any atom is 0.0453 e. The van der Waals surface area contributed by atoms with Crippen molar-refractivity contribution in [2.45, 2.75) is 25.8 Å². The molecule has 0 aliphatic carbocycles. The van der Waals surface area contributed by atoms with Gasteiger partial charge in [0.15, 0.2) is 0 Å². The minimum absolute atomic E-state index is 0.0125. The number of rotatable bonds is 4. The third-order valence-corrected chi connectivity index (χ3v) is 3.98. The lowest BCUT2D eigenvalue weighted by Gasteiger charge is -2.15. The van der Waals surface area contributed by atoms with Gasteiger partial charge in [0.1, 0.15) is 0 Å². The van der Waals surface area contributed by atoms with Crippen LogP contribution in [-0.2, 0) is 12.8 Å². The fraction of sp³-hybridized carbons (Fsp3) is 0.250. The van der Waals surface area contributed by atoms with Gasteiger partial charge in [0.05, 0.1) is 0 Å². The van der Waals surface area contributed by atoms with Crippen molar-refractivity contribution in [3.05, 3.63) is 69.2 Å². The molecular weight excluding hydrogens is 277 g/mol. The minimum Gasteiger partial charge on any atom is -0.327 e. The zero-order valence-corrected chi connectivity index (χ0v) is 12.4. The summed E-state index contributed by atoms with van der Waals surface area (Å²) in [5.41, 5.74) is 9.71. The second-order valence-corrected chi connectivity index (χ2v) is 5.61. The van der Waals surface area contributed by atoms with E-state index in [1.54, 1.807) is 0 Å². The fourth-order valence-electron chi connectivity index (χ4n) is 2.18. The molecule has 0 saturated carbocycles. The van der Waals surface area contributed by atoms with Crippen LogP contribution in [0.1, 0.15) is 16.7 Å². The Morgan fingerprint density at radius 2 is 1.58 bits per heavy atom. The van der Waals surface area contributed by atoms with Crippen LogP contribution in [0, 0.1) is 6.92 Å². The van der Waals surface area contributed by atoms with Crippen molar-refractivity contribution in [1.29, 1.82) is 0 Å². The van der Waals surface area contributed by atoms with E-state index in [-0.39, 0.29) is 6.04 Å². The summed E-state index contributed by atoms with van der Waals surface area (Å²) < 4.78 is 0. The Kier molecular flexibility index (Phi) is 4.87. The number of aryl methyl sites for hydroxylation is 1. The Morgan fingerprint density at radius 1 is 0.947 bits per heavy atom. The average molecular weight is 294 g/mol. The zero-order valence-electron chi connectivity index (χ0n) is 10.9. The molecule has 2 aromatic rings. The number of hydrogen-bond donors (Lipinski definition) is 1. The van der Waals surface area contributed by atoms with E-state index in [0.717, 1.165) is 12.0 Å². The number of nitrogens with two attached hydrogens (primary N) is 1. The van der Waals surface area contributed by atoms with Crippen LogP contribution >= 0.6 is 23.2 Å². The molecule has 0 amide bonds. The van der Waals surface area contributed by atoms with Crippen LogP contribution in [0.2, 0.25) is 10.0 Å². The van der Waals surface area contributed by atoms with E-state index in [0.29, 0.717) is 16.5 Å². The molecule has 1 unspecified atom stereocenters. The van der Waals surface area contributed by atoms with Gasteiger partial charge in [-0.05, 0) is 48.6 Å². The van der Waals surface area contributed by atoms with Crippen LogP contribution in [0.3, 0.4) is 0 Å². The molecule has 0 spiro atoms. The molecule has 1 atom stereocenters. The second kappa shape index (κ2) is 6.42. The van der Waals surface area contributed by atoms with Crippen molar-refractivity contribution in [3.63, 3.8) is 0 Å². The van der Waals surface area contributed by atoms with E-state index in [1.807, 2.05) is 30.3 Å². The summed E-state index contributed by atoms with van der Waals surface area (Å²) in [6.07, 6.45) is 1.51. The van der Waals surface area contributed by atoms with Crippen molar-refractivity contribution in [2.24, 2.45) is 5.73 Å². The molecule has 0 aliphatic rings. The lowest BCUT2D eigenvalue weighted by Crippen LogP contribution is -2.26. The lowest BCUT2D eigenvalue weighted by atomic mass is 9.97. The first-order chi connectivity index (χ1) is 9.08. The molecule has 0 heterocycles. The van der Waals surface area contributed by atoms with Gasteiger partial charge in [-0.3, -0.25) is 0 Å². The quantitative estimate of drug-likeness (QED) is 0.887. The highest BCUT2D eigenvalue weighted by Gasteiger charge is 2.12. The topological polar surface area (TPSA) is 26.0 Å². The predicted molar refractivity (Wildman–Crippen MR) is 83.0 cm³/mol. The Hall–Kier alpha value is -1.02. The van der Waals surface area contributed by atoms with Gasteiger partial charge < -0.3 is 5.73 Å². The zero-order chi connectivity index (χ0) is 13.8. The van der Waals surface area contributed by atoms with E-state index >= 15 is 0 Å². The molecule has 0 aromatic heterocycles. The van der Waals surface area contributed by atoms with Gasteiger partial charge in [-0.25, -0.2) is 0 Å². The molecule has 100 valence electrons. The second-order valence-electron chi connectivity index (χ2n) is 4.80. The largest absolute Gasteiger partial charge is 0.327 e. The molecule has 1 nitrogen and oxygen atoms in total. The van der Waals surface area contributed by atoms with Crippen molar-refractivity contribution in [3.8, 4) is 0 Å². The molecule has 19 heavy (non-hydrogen) atoms. The summed E-state index contributed by atoms with van der Waals surface area (Å²) >= 11 is 12.3. The van der Waals surface area contributed by atoms with Gasteiger partial charge in [-0.1, -0.05) is 53.5 Å². The minimum atomic E-state index is 0.0125. The first kappa shape index (κ1) is 14.4. The summed E-state index contributed by atoms with van der Waals surface area (Å²) in [5.74, 6) is 0. The molecule has 0 radical (unpaired) electrons. The molecule has 0 bridgehead atoms. The van der Waals surface area contributed by atoms with Gasteiger partial charge in [0.2, 0.25) is 0 Å². The maximum absolute atomic E-state index is 6.23. The van der Waals surface area contributed by atoms with E-state index in [1.165, 1.54) is 11.1 Å². The van der Waals surface area contributed by atoms with E-state index in [9.17, 15) is 0 Å². The average Bonchev–Trinajstić information content (AvgIpc) is 2.37. The van der Waals surface area contributed by atoms with Crippen molar-refractivity contribution in [2.75, 3.05) is 0 Å². The van der Waals surface area contributed by atoms with Crippen LogP contribution in [0.15, 0.2) is 42.5 Å². The van der Waals surface area contributed by atoms with Crippen molar-refractivity contribution in [1.82, 2.24) is 0 Å². The highest BCUT2D eigenvalue weighted by Crippen LogP contribution is 2.26. The standard InChI is InChI=1S/C16H17Cl2N/c1-11-5-2-3-6-12(11)9-13(19)10-14-15(17)7-4-8-16(14)18/h2-8,13H,9-10,19H2,1H3. The smallest absolute Gasteiger partial charge is 0.0453 e. The summed E-state index contributed by atoms with van der Waals surface area (Å²) in [7, 11) is 0. The number of halogens is 2. The van der Waals surface area contributed by atoms with E-state index < -0.39 is 0 Å². The highest BCUT2D eigenvalue weighted by molar-refractivity contribution is 6.36. The fourth-order valence-corrected chi connectivity index (χ4v) is 2.74. The normalized spacial score (nSPS) is 12.4. The lowest BCUT2D eigenvalue weighted by molar-refractivity contribution is 0.663. The first-order valence-corrected chi connectivity index (χ1v) is 7.06. The Morgan fingerprint density at radius 3 is 2.21 bits per heavy atom. The Labute approximate surface area is 124 Å². The van der Waals surface area contributed by atoms with E-state index in [4.69, 9.17) is 28.9 Å². The number of hydrogen-bond acceptors (Lipinski definition) is 1. The van der Waals surface area contributed by atoms with Crippen molar-refractivity contribution >= 4 is 23.2 Å². The molecule has 2 N–H and O–H groups in total. The molecule has 0 saturated heterocycles. The van der Waals surface area contributed by atoms with Gasteiger partial charge >= 0.3 is 0 Å². The molecule has 0 fully saturated rings. The monoisotopic (exact) mass is 293 g/mol. The summed E-state index contributed by atoms with van der Waals surface area (Å²) in [6.45, 7) is 2.10.